The Morgan fingerprint density at radius 1 is 0.686 bits per heavy atom. The van der Waals surface area contributed by atoms with Crippen molar-refractivity contribution in [3.05, 3.63) is 95.8 Å². The van der Waals surface area contributed by atoms with Crippen molar-refractivity contribution in [3.63, 3.8) is 0 Å². The number of carbonyl (C=O) groups is 5. The monoisotopic (exact) mass is 959 g/mol. The number of nitrogens with one attached hydrogen (secondary N) is 4. The number of rotatable bonds is 12. The maximum atomic E-state index is 14.3. The van der Waals surface area contributed by atoms with Gasteiger partial charge in [0.05, 0.1) is 63.8 Å². The van der Waals surface area contributed by atoms with Gasteiger partial charge in [0.1, 0.15) is 35.9 Å². The number of imidazole rings is 2. The Morgan fingerprint density at radius 2 is 1.17 bits per heavy atom. The molecule has 4 N–H and O–H groups in total. The first-order valence-electron chi connectivity index (χ1n) is 23.3. The minimum absolute atomic E-state index is 0.0920. The summed E-state index contributed by atoms with van der Waals surface area (Å²) in [6.45, 7) is 9.33. The van der Waals surface area contributed by atoms with Crippen LogP contribution in [0.25, 0.3) is 33.6 Å². The largest absolute Gasteiger partial charge is 0.454 e. The molecule has 5 aromatic rings. The number of aromatic nitrogens is 4. The first-order chi connectivity index (χ1) is 33.8. The van der Waals surface area contributed by atoms with Crippen LogP contribution in [0.3, 0.4) is 0 Å². The third-order valence-electron chi connectivity index (χ3n) is 13.2. The van der Waals surface area contributed by atoms with Crippen molar-refractivity contribution in [2.75, 3.05) is 47.3 Å². The Labute approximate surface area is 404 Å². The van der Waals surface area contributed by atoms with Gasteiger partial charge in [-0.1, -0.05) is 76.2 Å². The standard InChI is InChI=1S/C50H57N9O11/c1-27(2)42(55-48(62)65-5)46(60)58-15-16-67-25-39(58)45-52-21-37(54-45)32-13-9-30(10-14-32)29-7-11-31(12-8-29)36-20-51-44(53-36)38-19-35(24-59(38)47(61)43(28(3)4)56-49(63)66-6)70-50(64)57-22-33-17-40-41(69-26-68-40)18-34(33)23-57/h7-14,17-18,20-21,27-28,35,38-39,42-43H,15-16,19,22-26H2,1-6H3,(H,51,53)(H,52,54)(H,55,62)(H,56,63)/t35-,38-,39-,42?,43-/m0/s1. The van der Waals surface area contributed by atoms with Crippen molar-refractivity contribution in [1.82, 2.24) is 45.3 Å². The molecule has 2 fully saturated rings. The predicted octanol–water partition coefficient (Wildman–Crippen LogP) is 6.32. The zero-order valence-electron chi connectivity index (χ0n) is 39.9. The number of H-pyrrole nitrogens is 2. The highest BCUT2D eigenvalue weighted by molar-refractivity contribution is 5.87. The van der Waals surface area contributed by atoms with Gasteiger partial charge in [0.25, 0.3) is 0 Å². The summed E-state index contributed by atoms with van der Waals surface area (Å²) >= 11 is 0. The third kappa shape index (κ3) is 9.81. The van der Waals surface area contributed by atoms with E-state index in [2.05, 4.69) is 25.6 Å². The summed E-state index contributed by atoms with van der Waals surface area (Å²) < 4.78 is 32.5. The molecule has 1 unspecified atom stereocenters. The molecule has 6 heterocycles. The molecular weight excluding hydrogens is 903 g/mol. The minimum Gasteiger partial charge on any atom is -0.454 e. The summed E-state index contributed by atoms with van der Waals surface area (Å²) in [6, 6.07) is 17.1. The van der Waals surface area contributed by atoms with Crippen molar-refractivity contribution in [2.24, 2.45) is 11.8 Å². The van der Waals surface area contributed by atoms with E-state index in [4.69, 9.17) is 33.4 Å². The maximum Gasteiger partial charge on any atom is 0.410 e. The highest BCUT2D eigenvalue weighted by Crippen LogP contribution is 2.40. The van der Waals surface area contributed by atoms with Crippen LogP contribution in [-0.2, 0) is 41.6 Å². The lowest BCUT2D eigenvalue weighted by Crippen LogP contribution is -2.54. The number of hydrogen-bond donors (Lipinski definition) is 4. The summed E-state index contributed by atoms with van der Waals surface area (Å²) in [7, 11) is 2.51. The number of fused-ring (bicyclic) bond motifs is 2. The van der Waals surface area contributed by atoms with Gasteiger partial charge in [-0.25, -0.2) is 24.4 Å². The number of alkyl carbamates (subject to hydrolysis) is 2. The molecule has 5 atom stereocenters. The average Bonchev–Trinajstić information content (AvgIpc) is 4.24. The lowest BCUT2D eigenvalue weighted by Gasteiger charge is -2.37. The zero-order chi connectivity index (χ0) is 49.2. The molecule has 0 bridgehead atoms. The van der Waals surface area contributed by atoms with Gasteiger partial charge in [-0.3, -0.25) is 14.5 Å². The van der Waals surface area contributed by atoms with E-state index < -0.39 is 48.6 Å². The number of aromatic amines is 2. The number of likely N-dealkylation sites (tertiary alicyclic amines) is 1. The lowest BCUT2D eigenvalue weighted by molar-refractivity contribution is -0.143. The number of morpholine rings is 1. The van der Waals surface area contributed by atoms with Gasteiger partial charge >= 0.3 is 18.3 Å². The number of amides is 5. The van der Waals surface area contributed by atoms with E-state index in [1.165, 1.54) is 14.2 Å². The summed E-state index contributed by atoms with van der Waals surface area (Å²) in [5, 5.41) is 5.35. The van der Waals surface area contributed by atoms with Crippen LogP contribution in [0.1, 0.15) is 69.0 Å². The molecule has 368 valence electrons. The van der Waals surface area contributed by atoms with Crippen molar-refractivity contribution in [3.8, 4) is 45.1 Å². The second-order valence-electron chi connectivity index (χ2n) is 18.4. The molecule has 3 aromatic carbocycles. The molecule has 0 aliphatic carbocycles. The number of nitrogens with zero attached hydrogens (tertiary/aromatic N) is 5. The van der Waals surface area contributed by atoms with Crippen LogP contribution in [0.2, 0.25) is 0 Å². The number of ether oxygens (including phenoxy) is 6. The number of methoxy groups -OCH3 is 2. The molecule has 4 aliphatic rings. The Kier molecular flexibility index (Phi) is 13.7. The molecule has 9 rings (SSSR count). The van der Waals surface area contributed by atoms with E-state index in [0.29, 0.717) is 49.4 Å². The molecule has 2 aromatic heterocycles. The first kappa shape index (κ1) is 47.5. The van der Waals surface area contributed by atoms with E-state index in [0.717, 1.165) is 44.8 Å². The molecule has 2 saturated heterocycles. The summed E-state index contributed by atoms with van der Waals surface area (Å²) in [5.41, 5.74) is 7.15. The normalized spacial score (nSPS) is 19.2. The van der Waals surface area contributed by atoms with Gasteiger partial charge in [0.15, 0.2) is 11.5 Å². The van der Waals surface area contributed by atoms with E-state index in [-0.39, 0.29) is 50.0 Å². The van der Waals surface area contributed by atoms with Crippen molar-refractivity contribution >= 4 is 30.1 Å². The molecule has 4 aliphatic heterocycles. The Hall–Kier alpha value is -7.61. The van der Waals surface area contributed by atoms with E-state index in [1.807, 2.05) is 88.4 Å². The van der Waals surface area contributed by atoms with E-state index >= 15 is 0 Å². The molecule has 0 radical (unpaired) electrons. The Morgan fingerprint density at radius 3 is 1.67 bits per heavy atom. The van der Waals surface area contributed by atoms with Gasteiger partial charge in [0, 0.05) is 26.1 Å². The molecule has 20 nitrogen and oxygen atoms in total. The first-order valence-corrected chi connectivity index (χ1v) is 23.3. The predicted molar refractivity (Wildman–Crippen MR) is 252 cm³/mol. The van der Waals surface area contributed by atoms with Crippen LogP contribution < -0.4 is 20.1 Å². The fraction of sp³-hybridized carbons (Fsp3) is 0.420. The molecule has 0 saturated carbocycles. The van der Waals surface area contributed by atoms with E-state index in [9.17, 15) is 24.0 Å². The SMILES string of the molecule is COC(=O)NC(C(=O)N1CCOC[C@H]1c1ncc(-c2ccc(-c3ccc(-c4cnc([C@@H]5C[C@H](OC(=O)N6Cc7cc8c(cc7C6)OCO8)CN5C(=O)[C@@H](NC(=O)OC)C(C)C)[nH]4)cc3)cc2)[nH]1)C(C)C. The summed E-state index contributed by atoms with van der Waals surface area (Å²) in [5.74, 6) is 1.35. The van der Waals surface area contributed by atoms with Crippen molar-refractivity contribution in [2.45, 2.75) is 77.5 Å². The van der Waals surface area contributed by atoms with Crippen LogP contribution in [0, 0.1) is 11.8 Å². The van der Waals surface area contributed by atoms with Gasteiger partial charge in [-0.2, -0.15) is 0 Å². The molecule has 20 heteroatoms. The van der Waals surface area contributed by atoms with Crippen molar-refractivity contribution < 1.29 is 52.4 Å². The Bertz CT molecular complexity index is 2700. The van der Waals surface area contributed by atoms with E-state index in [1.54, 1.807) is 27.1 Å². The molecular formula is C50H57N9O11. The highest BCUT2D eigenvalue weighted by atomic mass is 16.7. The van der Waals surface area contributed by atoms with Gasteiger partial charge < -0.3 is 58.8 Å². The number of hydrogen-bond acceptors (Lipinski definition) is 13. The van der Waals surface area contributed by atoms with Gasteiger partial charge in [-0.15, -0.1) is 0 Å². The smallest absolute Gasteiger partial charge is 0.410 e. The van der Waals surface area contributed by atoms with Gasteiger partial charge in [0.2, 0.25) is 18.6 Å². The number of carbonyl (C=O) groups excluding carboxylic acids is 5. The molecule has 70 heavy (non-hydrogen) atoms. The minimum atomic E-state index is -0.904. The zero-order valence-corrected chi connectivity index (χ0v) is 39.9. The van der Waals surface area contributed by atoms with Crippen LogP contribution in [0.5, 0.6) is 11.5 Å². The van der Waals surface area contributed by atoms with Crippen LogP contribution in [0.4, 0.5) is 14.4 Å². The average molecular weight is 960 g/mol. The quantitative estimate of drug-likeness (QED) is 0.101. The van der Waals surface area contributed by atoms with Crippen LogP contribution in [0.15, 0.2) is 73.1 Å². The Balaban J connectivity index is 0.875. The van der Waals surface area contributed by atoms with Gasteiger partial charge in [-0.05, 0) is 57.3 Å². The fourth-order valence-electron chi connectivity index (χ4n) is 9.36. The van der Waals surface area contributed by atoms with Crippen LogP contribution in [-0.4, -0.2) is 130 Å². The lowest BCUT2D eigenvalue weighted by atomic mass is 10.0. The molecule has 5 amide bonds. The molecule has 0 spiro atoms. The highest BCUT2D eigenvalue weighted by Gasteiger charge is 2.44. The maximum absolute atomic E-state index is 14.3. The fourth-order valence-corrected chi connectivity index (χ4v) is 9.36. The third-order valence-corrected chi connectivity index (χ3v) is 13.2. The number of benzene rings is 3. The summed E-state index contributed by atoms with van der Waals surface area (Å²) in [4.78, 5) is 87.2. The second-order valence-corrected chi connectivity index (χ2v) is 18.4. The topological polar surface area (TPSA) is 232 Å². The van der Waals surface area contributed by atoms with Crippen molar-refractivity contribution in [1.29, 1.82) is 0 Å². The van der Waals surface area contributed by atoms with Crippen LogP contribution >= 0.6 is 0 Å². The second kappa shape index (κ2) is 20.2. The summed E-state index contributed by atoms with van der Waals surface area (Å²) in [6.07, 6.45) is 1.18.